The maximum Gasteiger partial charge on any atom is 0.234 e. The lowest BCUT2D eigenvalue weighted by Crippen LogP contribution is -2.14. The Labute approximate surface area is 168 Å². The first-order valence-corrected chi connectivity index (χ1v) is 11.0. The van der Waals surface area contributed by atoms with Gasteiger partial charge in [0.15, 0.2) is 9.99 Å². The van der Waals surface area contributed by atoms with Crippen LogP contribution >= 0.6 is 35.1 Å². The number of fused-ring (bicyclic) bond motifs is 1. The summed E-state index contributed by atoms with van der Waals surface area (Å²) in [6.45, 7) is 0. The molecule has 0 radical (unpaired) electrons. The number of thioether (sulfide) groups is 2. The maximum absolute atomic E-state index is 12.4. The standard InChI is InChI=1S/C18H15N5OS3/c1-25-17-21-18(27-22-17)26-11-15(24)19-13-8-5-9-23-10-14(20-16(13)23)12-6-3-2-4-7-12/h2-10H,11H2,1H3,(H,19,24). The Bertz CT molecular complexity index is 1080. The maximum atomic E-state index is 12.4. The van der Waals surface area contributed by atoms with Gasteiger partial charge in [0.1, 0.15) is 0 Å². The van der Waals surface area contributed by atoms with E-state index < -0.39 is 0 Å². The summed E-state index contributed by atoms with van der Waals surface area (Å²) in [5.41, 5.74) is 3.31. The highest BCUT2D eigenvalue weighted by atomic mass is 32.2. The number of aromatic nitrogens is 4. The molecule has 0 atom stereocenters. The topological polar surface area (TPSA) is 72.2 Å². The van der Waals surface area contributed by atoms with Gasteiger partial charge in [-0.3, -0.25) is 4.79 Å². The SMILES string of the molecule is CSc1nsc(SCC(=O)Nc2cccn3cc(-c4ccccc4)nc23)n1. The van der Waals surface area contributed by atoms with Crippen LogP contribution in [0.2, 0.25) is 0 Å². The molecule has 6 nitrogen and oxygen atoms in total. The van der Waals surface area contributed by atoms with Crippen LogP contribution in [-0.2, 0) is 4.79 Å². The summed E-state index contributed by atoms with van der Waals surface area (Å²) in [4.78, 5) is 21.4. The molecule has 0 aliphatic rings. The molecule has 0 aliphatic heterocycles. The number of hydrogen-bond acceptors (Lipinski definition) is 7. The fourth-order valence-corrected chi connectivity index (χ4v) is 4.52. The molecule has 0 saturated heterocycles. The summed E-state index contributed by atoms with van der Waals surface area (Å²) in [5.74, 6) is 0.175. The fourth-order valence-electron chi connectivity index (χ4n) is 2.51. The lowest BCUT2D eigenvalue weighted by atomic mass is 10.2. The second-order valence-corrected chi connectivity index (χ2v) is 8.28. The number of anilines is 1. The number of nitrogens with zero attached hydrogens (tertiary/aromatic N) is 4. The van der Waals surface area contributed by atoms with Crippen molar-refractivity contribution < 1.29 is 4.79 Å². The summed E-state index contributed by atoms with van der Waals surface area (Å²) in [5, 5.41) is 3.68. The number of pyridine rings is 1. The monoisotopic (exact) mass is 413 g/mol. The molecule has 1 aromatic carbocycles. The summed E-state index contributed by atoms with van der Waals surface area (Å²) in [7, 11) is 0. The molecule has 27 heavy (non-hydrogen) atoms. The number of carbonyl (C=O) groups is 1. The van der Waals surface area contributed by atoms with Gasteiger partial charge in [0.05, 0.1) is 17.1 Å². The number of benzene rings is 1. The Morgan fingerprint density at radius 2 is 2.04 bits per heavy atom. The van der Waals surface area contributed by atoms with Crippen molar-refractivity contribution in [3.8, 4) is 11.3 Å². The number of imidazole rings is 1. The number of rotatable bonds is 6. The molecule has 3 heterocycles. The van der Waals surface area contributed by atoms with Crippen LogP contribution in [0.3, 0.4) is 0 Å². The third-order valence-corrected chi connectivity index (χ3v) is 6.22. The number of amides is 1. The van der Waals surface area contributed by atoms with Crippen molar-refractivity contribution in [3.63, 3.8) is 0 Å². The summed E-state index contributed by atoms with van der Waals surface area (Å²) in [6.07, 6.45) is 5.81. The minimum Gasteiger partial charge on any atom is -0.322 e. The van der Waals surface area contributed by atoms with Gasteiger partial charge in [0, 0.05) is 18.0 Å². The third-order valence-electron chi connectivity index (χ3n) is 3.72. The average Bonchev–Trinajstić information content (AvgIpc) is 3.34. The quantitative estimate of drug-likeness (QED) is 0.475. The van der Waals surface area contributed by atoms with Crippen molar-refractivity contribution in [1.29, 1.82) is 0 Å². The molecular weight excluding hydrogens is 398 g/mol. The van der Waals surface area contributed by atoms with E-state index in [9.17, 15) is 4.79 Å². The normalized spacial score (nSPS) is 11.0. The van der Waals surface area contributed by atoms with E-state index in [1.807, 2.05) is 65.5 Å². The lowest BCUT2D eigenvalue weighted by molar-refractivity contribution is -0.113. The van der Waals surface area contributed by atoms with Crippen LogP contribution in [0.5, 0.6) is 0 Å². The lowest BCUT2D eigenvalue weighted by Gasteiger charge is -2.05. The van der Waals surface area contributed by atoms with Crippen molar-refractivity contribution in [1.82, 2.24) is 18.7 Å². The molecule has 0 aliphatic carbocycles. The van der Waals surface area contributed by atoms with Gasteiger partial charge in [0.25, 0.3) is 0 Å². The molecule has 1 N–H and O–H groups in total. The summed E-state index contributed by atoms with van der Waals surface area (Å²) in [6, 6.07) is 13.7. The van der Waals surface area contributed by atoms with E-state index in [0.29, 0.717) is 5.69 Å². The van der Waals surface area contributed by atoms with Gasteiger partial charge in [0.2, 0.25) is 11.1 Å². The van der Waals surface area contributed by atoms with Crippen LogP contribution in [0.25, 0.3) is 16.9 Å². The van der Waals surface area contributed by atoms with E-state index in [4.69, 9.17) is 0 Å². The van der Waals surface area contributed by atoms with Crippen LogP contribution in [0.15, 0.2) is 64.4 Å². The van der Waals surface area contributed by atoms with Gasteiger partial charge in [-0.1, -0.05) is 53.9 Å². The van der Waals surface area contributed by atoms with Crippen LogP contribution < -0.4 is 5.32 Å². The molecule has 0 unspecified atom stereocenters. The van der Waals surface area contributed by atoms with Crippen LogP contribution in [0.4, 0.5) is 5.69 Å². The zero-order valence-electron chi connectivity index (χ0n) is 14.3. The Balaban J connectivity index is 1.49. The highest BCUT2D eigenvalue weighted by Gasteiger charge is 2.12. The summed E-state index contributed by atoms with van der Waals surface area (Å²) >= 11 is 4.19. The Kier molecular flexibility index (Phi) is 5.42. The second-order valence-electron chi connectivity index (χ2n) is 5.53. The van der Waals surface area contributed by atoms with E-state index >= 15 is 0 Å². The van der Waals surface area contributed by atoms with Gasteiger partial charge >= 0.3 is 0 Å². The fraction of sp³-hybridized carbons (Fsp3) is 0.111. The van der Waals surface area contributed by atoms with E-state index in [1.165, 1.54) is 35.1 Å². The van der Waals surface area contributed by atoms with Crippen molar-refractivity contribution in [2.24, 2.45) is 0 Å². The van der Waals surface area contributed by atoms with Gasteiger partial charge in [-0.25, -0.2) is 9.97 Å². The van der Waals surface area contributed by atoms with Gasteiger partial charge in [-0.2, -0.15) is 4.37 Å². The van der Waals surface area contributed by atoms with E-state index in [-0.39, 0.29) is 11.7 Å². The second kappa shape index (κ2) is 8.12. The van der Waals surface area contributed by atoms with E-state index in [0.717, 1.165) is 26.4 Å². The molecule has 9 heteroatoms. The summed E-state index contributed by atoms with van der Waals surface area (Å²) < 4.78 is 6.91. The zero-order valence-corrected chi connectivity index (χ0v) is 16.8. The predicted molar refractivity (Wildman–Crippen MR) is 112 cm³/mol. The molecule has 1 amide bonds. The molecule has 4 aromatic rings. The molecular formula is C18H15N5OS3. The minimum atomic E-state index is -0.0988. The van der Waals surface area contributed by atoms with Crippen molar-refractivity contribution >= 4 is 52.3 Å². The molecule has 3 aromatic heterocycles. The number of nitrogens with one attached hydrogen (secondary N) is 1. The Hall–Kier alpha value is -2.36. The highest BCUT2D eigenvalue weighted by molar-refractivity contribution is 8.01. The predicted octanol–water partition coefficient (Wildman–Crippen LogP) is 4.31. The number of hydrogen-bond donors (Lipinski definition) is 1. The molecule has 4 rings (SSSR count). The Morgan fingerprint density at radius 1 is 1.19 bits per heavy atom. The first-order valence-electron chi connectivity index (χ1n) is 8.06. The van der Waals surface area contributed by atoms with Gasteiger partial charge < -0.3 is 9.72 Å². The van der Waals surface area contributed by atoms with Crippen molar-refractivity contribution in [3.05, 3.63) is 54.9 Å². The van der Waals surface area contributed by atoms with Gasteiger partial charge in [-0.15, -0.1) is 0 Å². The minimum absolute atomic E-state index is 0.0988. The van der Waals surface area contributed by atoms with Crippen molar-refractivity contribution in [2.75, 3.05) is 17.3 Å². The third kappa shape index (κ3) is 4.15. The Morgan fingerprint density at radius 3 is 2.81 bits per heavy atom. The molecule has 0 saturated carbocycles. The molecule has 136 valence electrons. The first-order chi connectivity index (χ1) is 13.2. The van der Waals surface area contributed by atoms with Gasteiger partial charge in [-0.05, 0) is 29.9 Å². The first kappa shape index (κ1) is 18.0. The van der Waals surface area contributed by atoms with Crippen LogP contribution in [-0.4, -0.2) is 36.7 Å². The number of carbonyl (C=O) groups excluding carboxylic acids is 1. The smallest absolute Gasteiger partial charge is 0.234 e. The van der Waals surface area contributed by atoms with Crippen LogP contribution in [0, 0.1) is 0 Å². The molecule has 0 spiro atoms. The average molecular weight is 414 g/mol. The van der Waals surface area contributed by atoms with E-state index in [2.05, 4.69) is 19.7 Å². The van der Waals surface area contributed by atoms with Crippen molar-refractivity contribution in [2.45, 2.75) is 9.50 Å². The molecule has 0 fully saturated rings. The highest BCUT2D eigenvalue weighted by Crippen LogP contribution is 2.25. The zero-order chi connectivity index (χ0) is 18.6. The molecule has 0 bridgehead atoms. The van der Waals surface area contributed by atoms with E-state index in [1.54, 1.807) is 0 Å². The largest absolute Gasteiger partial charge is 0.322 e. The van der Waals surface area contributed by atoms with Crippen LogP contribution in [0.1, 0.15) is 0 Å².